The molecule has 0 spiro atoms. The average Bonchev–Trinajstić information content (AvgIpc) is 3.07. The third kappa shape index (κ3) is 6.27. The molecule has 9 heteroatoms. The SMILES string of the molecule is COc1ccc(N2C(=O)c3cc(S(=O)(=O)Nc4ccc(C)cc4)ccc3N(Cc3ccccc3)[C@@H]2c2ccc(SC)cc2)cc1. The van der Waals surface area contributed by atoms with Crippen LogP contribution in [0.2, 0.25) is 0 Å². The van der Waals surface area contributed by atoms with Crippen LogP contribution in [0.25, 0.3) is 0 Å². The van der Waals surface area contributed by atoms with E-state index in [1.165, 1.54) is 6.07 Å². The van der Waals surface area contributed by atoms with E-state index in [-0.39, 0.29) is 10.8 Å². The van der Waals surface area contributed by atoms with Crippen molar-refractivity contribution >= 4 is 44.8 Å². The van der Waals surface area contributed by atoms with Gasteiger partial charge in [-0.2, -0.15) is 0 Å². The van der Waals surface area contributed by atoms with Crippen LogP contribution in [0.15, 0.2) is 131 Å². The standard InChI is InChI=1S/C36H33N3O4S2/c1-25-9-13-28(14-10-25)37-45(41,42)32-21-22-34-33(23-32)36(40)39(29-15-17-30(43-2)18-16-29)35(27-11-19-31(44-3)20-12-27)38(34)24-26-7-5-4-6-8-26/h4-23,35,37H,24H2,1-3H3/t35-/m0/s1. The number of amides is 1. The fourth-order valence-electron chi connectivity index (χ4n) is 5.51. The topological polar surface area (TPSA) is 78.9 Å². The van der Waals surface area contributed by atoms with Gasteiger partial charge in [-0.05, 0) is 91.0 Å². The number of rotatable bonds is 9. The second kappa shape index (κ2) is 12.7. The maximum Gasteiger partial charge on any atom is 0.262 e. The highest BCUT2D eigenvalue weighted by atomic mass is 32.2. The molecule has 0 unspecified atom stereocenters. The zero-order chi connectivity index (χ0) is 31.6. The minimum absolute atomic E-state index is 0.00675. The lowest BCUT2D eigenvalue weighted by Gasteiger charge is -2.46. The van der Waals surface area contributed by atoms with E-state index in [2.05, 4.69) is 21.8 Å². The molecule has 0 aromatic heterocycles. The number of hydrogen-bond donors (Lipinski definition) is 1. The Balaban J connectivity index is 1.51. The summed E-state index contributed by atoms with van der Waals surface area (Å²) in [4.78, 5) is 19.6. The molecule has 1 aliphatic heterocycles. The van der Waals surface area contributed by atoms with Gasteiger partial charge in [-0.1, -0.05) is 60.2 Å². The molecule has 5 aromatic carbocycles. The van der Waals surface area contributed by atoms with E-state index in [1.54, 1.807) is 48.0 Å². The largest absolute Gasteiger partial charge is 0.497 e. The van der Waals surface area contributed by atoms with Gasteiger partial charge >= 0.3 is 0 Å². The molecule has 0 radical (unpaired) electrons. The van der Waals surface area contributed by atoms with Crippen LogP contribution in [0.1, 0.15) is 33.2 Å². The molecule has 1 amide bonds. The number of ether oxygens (including phenoxy) is 1. The number of carbonyl (C=O) groups excluding carboxylic acids is 1. The Morgan fingerprint density at radius 1 is 0.844 bits per heavy atom. The van der Waals surface area contributed by atoms with Gasteiger partial charge in [-0.3, -0.25) is 14.4 Å². The fourth-order valence-corrected chi connectivity index (χ4v) is 7.00. The van der Waals surface area contributed by atoms with Gasteiger partial charge in [-0.15, -0.1) is 11.8 Å². The molecule has 0 fully saturated rings. The van der Waals surface area contributed by atoms with Crippen molar-refractivity contribution in [3.8, 4) is 5.75 Å². The van der Waals surface area contributed by atoms with Crippen LogP contribution in [0.3, 0.4) is 0 Å². The molecule has 0 saturated heterocycles. The van der Waals surface area contributed by atoms with Crippen molar-refractivity contribution < 1.29 is 17.9 Å². The molecule has 0 aliphatic carbocycles. The van der Waals surface area contributed by atoms with Gasteiger partial charge in [0.15, 0.2) is 0 Å². The molecule has 0 bridgehead atoms. The van der Waals surface area contributed by atoms with E-state index in [0.29, 0.717) is 34.9 Å². The Bertz CT molecular complexity index is 1910. The van der Waals surface area contributed by atoms with Crippen molar-refractivity contribution in [2.75, 3.05) is 27.9 Å². The van der Waals surface area contributed by atoms with Crippen molar-refractivity contribution in [3.05, 3.63) is 144 Å². The lowest BCUT2D eigenvalue weighted by molar-refractivity contribution is 0.0968. The molecule has 1 atom stereocenters. The van der Waals surface area contributed by atoms with Crippen molar-refractivity contribution in [2.45, 2.75) is 29.4 Å². The molecular weight excluding hydrogens is 603 g/mol. The van der Waals surface area contributed by atoms with Gasteiger partial charge in [0.2, 0.25) is 0 Å². The second-order valence-electron chi connectivity index (χ2n) is 10.8. The number of carbonyl (C=O) groups is 1. The van der Waals surface area contributed by atoms with Gasteiger partial charge < -0.3 is 9.64 Å². The summed E-state index contributed by atoms with van der Waals surface area (Å²) in [6, 6.07) is 37.5. The van der Waals surface area contributed by atoms with Crippen LogP contribution in [0, 0.1) is 6.92 Å². The number of aryl methyl sites for hydroxylation is 1. The third-order valence-corrected chi connectivity index (χ3v) is 9.96. The van der Waals surface area contributed by atoms with Gasteiger partial charge in [0.25, 0.3) is 15.9 Å². The summed E-state index contributed by atoms with van der Waals surface area (Å²) in [6.07, 6.45) is 1.52. The number of thioether (sulfide) groups is 1. The quantitative estimate of drug-likeness (QED) is 0.166. The van der Waals surface area contributed by atoms with Gasteiger partial charge in [0.1, 0.15) is 11.9 Å². The van der Waals surface area contributed by atoms with Crippen LogP contribution in [0.5, 0.6) is 5.75 Å². The van der Waals surface area contributed by atoms with Crippen molar-refractivity contribution in [1.82, 2.24) is 0 Å². The first-order chi connectivity index (χ1) is 21.8. The predicted molar refractivity (Wildman–Crippen MR) is 182 cm³/mol. The van der Waals surface area contributed by atoms with Gasteiger partial charge in [0, 0.05) is 22.8 Å². The Morgan fingerprint density at radius 3 is 2.18 bits per heavy atom. The summed E-state index contributed by atoms with van der Waals surface area (Å²) in [5.74, 6) is 0.368. The van der Waals surface area contributed by atoms with Crippen LogP contribution in [0.4, 0.5) is 17.1 Å². The first kappa shape index (κ1) is 30.3. The van der Waals surface area contributed by atoms with E-state index < -0.39 is 16.2 Å². The predicted octanol–water partition coefficient (Wildman–Crippen LogP) is 7.89. The summed E-state index contributed by atoms with van der Waals surface area (Å²) in [6.45, 7) is 2.42. The molecule has 1 N–H and O–H groups in total. The summed E-state index contributed by atoms with van der Waals surface area (Å²) < 4.78 is 35.2. The first-order valence-electron chi connectivity index (χ1n) is 14.4. The molecule has 0 saturated carbocycles. The van der Waals surface area contributed by atoms with E-state index in [4.69, 9.17) is 4.74 Å². The zero-order valence-electron chi connectivity index (χ0n) is 25.2. The first-order valence-corrected chi connectivity index (χ1v) is 17.1. The maximum absolute atomic E-state index is 14.6. The molecule has 228 valence electrons. The van der Waals surface area contributed by atoms with E-state index in [1.807, 2.05) is 92.0 Å². The number of fused-ring (bicyclic) bond motifs is 1. The Labute approximate surface area is 268 Å². The summed E-state index contributed by atoms with van der Waals surface area (Å²) in [5, 5.41) is 0. The Morgan fingerprint density at radius 2 is 1.53 bits per heavy atom. The number of anilines is 3. The van der Waals surface area contributed by atoms with Gasteiger partial charge in [0.05, 0.1) is 23.3 Å². The highest BCUT2D eigenvalue weighted by Gasteiger charge is 2.40. The highest BCUT2D eigenvalue weighted by Crippen LogP contribution is 2.43. The van der Waals surface area contributed by atoms with Crippen LogP contribution >= 0.6 is 11.8 Å². The summed E-state index contributed by atoms with van der Waals surface area (Å²) in [7, 11) is -2.38. The van der Waals surface area contributed by atoms with Crippen molar-refractivity contribution in [3.63, 3.8) is 0 Å². The second-order valence-corrected chi connectivity index (χ2v) is 13.3. The minimum atomic E-state index is -3.98. The van der Waals surface area contributed by atoms with Crippen molar-refractivity contribution in [2.24, 2.45) is 0 Å². The number of benzene rings is 5. The molecule has 45 heavy (non-hydrogen) atoms. The summed E-state index contributed by atoms with van der Waals surface area (Å²) >= 11 is 1.65. The van der Waals surface area contributed by atoms with E-state index >= 15 is 0 Å². The number of sulfonamides is 1. The molecule has 7 nitrogen and oxygen atoms in total. The Hall–Kier alpha value is -4.73. The van der Waals surface area contributed by atoms with Gasteiger partial charge in [-0.25, -0.2) is 8.42 Å². The number of nitrogens with one attached hydrogen (secondary N) is 1. The van der Waals surface area contributed by atoms with Crippen LogP contribution < -0.4 is 19.3 Å². The fraction of sp³-hybridized carbons (Fsp3) is 0.139. The van der Waals surface area contributed by atoms with E-state index in [9.17, 15) is 13.2 Å². The zero-order valence-corrected chi connectivity index (χ0v) is 26.8. The normalized spacial score (nSPS) is 14.6. The average molecular weight is 636 g/mol. The van der Waals surface area contributed by atoms with E-state index in [0.717, 1.165) is 21.6 Å². The third-order valence-electron chi connectivity index (χ3n) is 7.84. The number of hydrogen-bond acceptors (Lipinski definition) is 6. The lowest BCUT2D eigenvalue weighted by atomic mass is 9.99. The Kier molecular flexibility index (Phi) is 8.56. The number of methoxy groups -OCH3 is 1. The monoisotopic (exact) mass is 635 g/mol. The van der Waals surface area contributed by atoms with Crippen LogP contribution in [-0.4, -0.2) is 27.7 Å². The van der Waals surface area contributed by atoms with Crippen molar-refractivity contribution in [1.29, 1.82) is 0 Å². The smallest absolute Gasteiger partial charge is 0.262 e. The molecule has 5 aromatic rings. The molecule has 6 rings (SSSR count). The molecule has 1 heterocycles. The number of nitrogens with zero attached hydrogens (tertiary/aromatic N) is 2. The summed E-state index contributed by atoms with van der Waals surface area (Å²) in [5.41, 5.74) is 5.06. The molecule has 1 aliphatic rings. The lowest BCUT2D eigenvalue weighted by Crippen LogP contribution is -2.49. The molecular formula is C36H33N3O4S2. The maximum atomic E-state index is 14.6. The van der Waals surface area contributed by atoms with Crippen LogP contribution in [-0.2, 0) is 16.6 Å². The highest BCUT2D eigenvalue weighted by molar-refractivity contribution is 7.98. The minimum Gasteiger partial charge on any atom is -0.497 e.